The summed E-state index contributed by atoms with van der Waals surface area (Å²) in [5, 5.41) is 0.638. The number of amides is 1. The number of piperidine rings is 1. The summed E-state index contributed by atoms with van der Waals surface area (Å²) in [5.74, 6) is 0.802. The van der Waals surface area contributed by atoms with Gasteiger partial charge in [-0.25, -0.2) is 0 Å². The molecule has 2 rings (SSSR count). The van der Waals surface area contributed by atoms with Crippen LogP contribution in [0.4, 0.5) is 0 Å². The maximum Gasteiger partial charge on any atom is 0.255 e. The predicted octanol–water partition coefficient (Wildman–Crippen LogP) is 4.36. The molecule has 1 aliphatic rings. The highest BCUT2D eigenvalue weighted by Gasteiger charge is 2.28. The first-order valence-electron chi connectivity index (χ1n) is 6.25. The van der Waals surface area contributed by atoms with Crippen LogP contribution in [0.2, 0.25) is 5.02 Å². The van der Waals surface area contributed by atoms with Crippen LogP contribution in [0, 0.1) is 5.92 Å². The highest BCUT2D eigenvalue weighted by atomic mass is 79.9. The Bertz CT molecular complexity index is 463. The van der Waals surface area contributed by atoms with E-state index in [4.69, 9.17) is 11.6 Å². The van der Waals surface area contributed by atoms with Crippen molar-refractivity contribution in [2.75, 3.05) is 6.54 Å². The number of hydrogen-bond donors (Lipinski definition) is 0. The van der Waals surface area contributed by atoms with E-state index in [0.29, 0.717) is 22.5 Å². The monoisotopic (exact) mass is 329 g/mol. The third-order valence-electron chi connectivity index (χ3n) is 3.56. The third kappa shape index (κ3) is 2.89. The Labute approximate surface area is 121 Å². The van der Waals surface area contributed by atoms with Crippen molar-refractivity contribution >= 4 is 33.4 Å². The topological polar surface area (TPSA) is 20.3 Å². The van der Waals surface area contributed by atoms with Gasteiger partial charge in [-0.1, -0.05) is 18.5 Å². The maximum atomic E-state index is 12.5. The Morgan fingerprint density at radius 1 is 1.44 bits per heavy atom. The van der Waals surface area contributed by atoms with Gasteiger partial charge >= 0.3 is 0 Å². The Morgan fingerprint density at radius 3 is 2.78 bits per heavy atom. The third-order valence-corrected chi connectivity index (χ3v) is 4.45. The van der Waals surface area contributed by atoms with Crippen LogP contribution in [-0.4, -0.2) is 23.4 Å². The summed E-state index contributed by atoms with van der Waals surface area (Å²) in [6.45, 7) is 5.21. The molecule has 98 valence electrons. The van der Waals surface area contributed by atoms with Crippen LogP contribution >= 0.6 is 27.5 Å². The lowest BCUT2D eigenvalue weighted by Gasteiger charge is -2.36. The Hall–Kier alpha value is -0.540. The van der Waals surface area contributed by atoms with Gasteiger partial charge in [0, 0.05) is 22.1 Å². The SMILES string of the molecule is CC1CCN(C(=O)c2ccc(Cl)cc2Br)C(C)C1. The van der Waals surface area contributed by atoms with Crippen molar-refractivity contribution in [1.29, 1.82) is 0 Å². The van der Waals surface area contributed by atoms with Crippen molar-refractivity contribution < 1.29 is 4.79 Å². The van der Waals surface area contributed by atoms with Gasteiger partial charge < -0.3 is 4.90 Å². The molecule has 2 unspecified atom stereocenters. The summed E-state index contributed by atoms with van der Waals surface area (Å²) >= 11 is 9.31. The van der Waals surface area contributed by atoms with Gasteiger partial charge in [-0.3, -0.25) is 4.79 Å². The van der Waals surface area contributed by atoms with E-state index in [-0.39, 0.29) is 5.91 Å². The zero-order valence-corrected chi connectivity index (χ0v) is 13.0. The van der Waals surface area contributed by atoms with Crippen molar-refractivity contribution in [3.05, 3.63) is 33.3 Å². The van der Waals surface area contributed by atoms with Gasteiger partial charge in [0.05, 0.1) is 5.56 Å². The fourth-order valence-electron chi connectivity index (χ4n) is 2.53. The summed E-state index contributed by atoms with van der Waals surface area (Å²) in [6, 6.07) is 5.63. The summed E-state index contributed by atoms with van der Waals surface area (Å²) in [6.07, 6.45) is 2.16. The van der Waals surface area contributed by atoms with E-state index < -0.39 is 0 Å². The summed E-state index contributed by atoms with van der Waals surface area (Å²) < 4.78 is 0.769. The van der Waals surface area contributed by atoms with E-state index in [1.54, 1.807) is 18.2 Å². The molecule has 2 nitrogen and oxygen atoms in total. The lowest BCUT2D eigenvalue weighted by atomic mass is 9.93. The van der Waals surface area contributed by atoms with E-state index in [1.165, 1.54) is 0 Å². The molecule has 2 atom stereocenters. The molecular weight excluding hydrogens is 314 g/mol. The van der Waals surface area contributed by atoms with Gasteiger partial charge in [-0.15, -0.1) is 0 Å². The first-order chi connectivity index (χ1) is 8.49. The van der Waals surface area contributed by atoms with Crippen molar-refractivity contribution in [2.24, 2.45) is 5.92 Å². The highest BCUT2D eigenvalue weighted by Crippen LogP contribution is 2.27. The van der Waals surface area contributed by atoms with Crippen LogP contribution in [0.3, 0.4) is 0 Å². The molecule has 0 saturated carbocycles. The summed E-state index contributed by atoms with van der Waals surface area (Å²) in [7, 11) is 0. The van der Waals surface area contributed by atoms with E-state index >= 15 is 0 Å². The second-order valence-corrected chi connectivity index (χ2v) is 6.39. The molecule has 1 saturated heterocycles. The van der Waals surface area contributed by atoms with Gasteiger partial charge in [0.15, 0.2) is 0 Å². The van der Waals surface area contributed by atoms with Crippen LogP contribution in [0.25, 0.3) is 0 Å². The smallest absolute Gasteiger partial charge is 0.255 e. The molecule has 1 aromatic rings. The van der Waals surface area contributed by atoms with Crippen LogP contribution in [0.5, 0.6) is 0 Å². The average Bonchev–Trinajstić information content (AvgIpc) is 2.28. The van der Waals surface area contributed by atoms with Gasteiger partial charge in [-0.05, 0) is 59.8 Å². The second-order valence-electron chi connectivity index (χ2n) is 5.10. The van der Waals surface area contributed by atoms with Crippen LogP contribution in [0.15, 0.2) is 22.7 Å². The number of carbonyl (C=O) groups excluding carboxylic acids is 1. The van der Waals surface area contributed by atoms with E-state index in [9.17, 15) is 4.79 Å². The van der Waals surface area contributed by atoms with E-state index in [2.05, 4.69) is 29.8 Å². The predicted molar refractivity (Wildman–Crippen MR) is 78.0 cm³/mol. The number of hydrogen-bond acceptors (Lipinski definition) is 1. The van der Waals surface area contributed by atoms with E-state index in [1.807, 2.05) is 4.90 Å². The standard InChI is InChI=1S/C14H17BrClNO/c1-9-5-6-17(10(2)7-9)14(18)12-4-3-11(16)8-13(12)15/h3-4,8-10H,5-7H2,1-2H3. The minimum Gasteiger partial charge on any atom is -0.336 e. The Morgan fingerprint density at radius 2 is 2.17 bits per heavy atom. The molecule has 0 bridgehead atoms. The number of benzene rings is 1. The van der Waals surface area contributed by atoms with E-state index in [0.717, 1.165) is 23.9 Å². The molecule has 1 aliphatic heterocycles. The molecule has 1 aromatic carbocycles. The molecule has 0 aromatic heterocycles. The molecule has 0 spiro atoms. The lowest BCUT2D eigenvalue weighted by Crippen LogP contribution is -2.44. The second kappa shape index (κ2) is 5.62. The largest absolute Gasteiger partial charge is 0.336 e. The normalized spacial score (nSPS) is 24.1. The number of likely N-dealkylation sites (tertiary alicyclic amines) is 1. The molecule has 0 radical (unpaired) electrons. The molecule has 4 heteroatoms. The van der Waals surface area contributed by atoms with Crippen LogP contribution in [-0.2, 0) is 0 Å². The summed E-state index contributed by atoms with van der Waals surface area (Å²) in [5.41, 5.74) is 0.695. The zero-order chi connectivity index (χ0) is 13.3. The summed E-state index contributed by atoms with van der Waals surface area (Å²) in [4.78, 5) is 14.5. The highest BCUT2D eigenvalue weighted by molar-refractivity contribution is 9.10. The molecule has 1 heterocycles. The molecule has 1 amide bonds. The van der Waals surface area contributed by atoms with Crippen LogP contribution in [0.1, 0.15) is 37.0 Å². The number of rotatable bonds is 1. The lowest BCUT2D eigenvalue weighted by molar-refractivity contribution is 0.0587. The molecule has 0 aliphatic carbocycles. The van der Waals surface area contributed by atoms with Crippen molar-refractivity contribution in [3.63, 3.8) is 0 Å². The van der Waals surface area contributed by atoms with Gasteiger partial charge in [0.25, 0.3) is 5.91 Å². The number of nitrogens with zero attached hydrogens (tertiary/aromatic N) is 1. The minimum atomic E-state index is 0.0953. The quantitative estimate of drug-likeness (QED) is 0.749. The van der Waals surface area contributed by atoms with Gasteiger partial charge in [0.1, 0.15) is 0 Å². The minimum absolute atomic E-state index is 0.0953. The number of halogens is 2. The first kappa shape index (κ1) is 13.9. The Balaban J connectivity index is 2.20. The molecule has 0 N–H and O–H groups in total. The average molecular weight is 331 g/mol. The maximum absolute atomic E-state index is 12.5. The van der Waals surface area contributed by atoms with Crippen LogP contribution < -0.4 is 0 Å². The zero-order valence-electron chi connectivity index (χ0n) is 10.6. The van der Waals surface area contributed by atoms with Gasteiger partial charge in [0.2, 0.25) is 0 Å². The number of carbonyl (C=O) groups is 1. The molecule has 1 fully saturated rings. The first-order valence-corrected chi connectivity index (χ1v) is 7.42. The van der Waals surface area contributed by atoms with Crippen molar-refractivity contribution in [2.45, 2.75) is 32.7 Å². The van der Waals surface area contributed by atoms with Gasteiger partial charge in [-0.2, -0.15) is 0 Å². The molecular formula is C14H17BrClNO. The Kier molecular flexibility index (Phi) is 4.33. The van der Waals surface area contributed by atoms with Crippen molar-refractivity contribution in [1.82, 2.24) is 4.90 Å². The fraction of sp³-hybridized carbons (Fsp3) is 0.500. The van der Waals surface area contributed by atoms with Crippen molar-refractivity contribution in [3.8, 4) is 0 Å². The molecule has 18 heavy (non-hydrogen) atoms. The fourth-order valence-corrected chi connectivity index (χ4v) is 3.38.